The highest BCUT2D eigenvalue weighted by atomic mass is 32.2. The normalized spacial score (nSPS) is 22.4. The zero-order valence-corrected chi connectivity index (χ0v) is 16.6. The lowest BCUT2D eigenvalue weighted by Gasteiger charge is -2.44. The Morgan fingerprint density at radius 3 is 3.00 bits per heavy atom. The summed E-state index contributed by atoms with van der Waals surface area (Å²) in [6.45, 7) is 0.894. The van der Waals surface area contributed by atoms with E-state index in [1.807, 2.05) is 30.5 Å². The van der Waals surface area contributed by atoms with Gasteiger partial charge >= 0.3 is 0 Å². The molecule has 0 radical (unpaired) electrons. The summed E-state index contributed by atoms with van der Waals surface area (Å²) >= 11 is 1.34. The van der Waals surface area contributed by atoms with Crippen LogP contribution in [0.15, 0.2) is 40.1 Å². The van der Waals surface area contributed by atoms with Crippen LogP contribution < -0.4 is 0 Å². The molecule has 28 heavy (non-hydrogen) atoms. The summed E-state index contributed by atoms with van der Waals surface area (Å²) in [5.41, 5.74) is 1.93. The van der Waals surface area contributed by atoms with Gasteiger partial charge in [-0.25, -0.2) is 0 Å². The number of aromatic nitrogens is 3. The van der Waals surface area contributed by atoms with Crippen LogP contribution in [0.3, 0.4) is 0 Å². The van der Waals surface area contributed by atoms with Gasteiger partial charge in [0.15, 0.2) is 0 Å². The Bertz CT molecular complexity index is 980. The minimum Gasteiger partial charge on any atom is -0.411 e. The third-order valence-corrected chi connectivity index (χ3v) is 6.91. The standard InChI is InChI=1S/C21H24N4O2S/c26-19(25-11-5-7-14-6-1-4-10-18(14)25)13-28-21-24-23-20(27-21)16-12-22-17-9-3-2-8-15(16)17/h2-3,8-9,12,14,18,22H,1,4-7,10-11,13H2/t14-,18-/m1/s1. The number of aromatic amines is 1. The molecule has 1 N–H and O–H groups in total. The molecule has 7 heteroatoms. The second kappa shape index (κ2) is 7.62. The molecular weight excluding hydrogens is 372 g/mol. The molecule has 1 saturated heterocycles. The average molecular weight is 397 g/mol. The van der Waals surface area contributed by atoms with Gasteiger partial charge in [-0.3, -0.25) is 4.79 Å². The number of thioether (sulfide) groups is 1. The van der Waals surface area contributed by atoms with Gasteiger partial charge in [0.25, 0.3) is 11.1 Å². The predicted molar refractivity (Wildman–Crippen MR) is 109 cm³/mol. The Balaban J connectivity index is 1.25. The van der Waals surface area contributed by atoms with Gasteiger partial charge in [0.05, 0.1) is 11.3 Å². The average Bonchev–Trinajstić information content (AvgIpc) is 3.38. The Morgan fingerprint density at radius 1 is 1.18 bits per heavy atom. The lowest BCUT2D eigenvalue weighted by Crippen LogP contribution is -2.50. The fourth-order valence-corrected chi connectivity index (χ4v) is 5.42. The maximum absolute atomic E-state index is 12.8. The van der Waals surface area contributed by atoms with Crippen molar-refractivity contribution >= 4 is 28.6 Å². The zero-order valence-electron chi connectivity index (χ0n) is 15.8. The van der Waals surface area contributed by atoms with Crippen LogP contribution in [0.5, 0.6) is 0 Å². The van der Waals surface area contributed by atoms with Crippen LogP contribution in [0, 0.1) is 5.92 Å². The Kier molecular flexibility index (Phi) is 4.84. The first-order chi connectivity index (χ1) is 13.8. The SMILES string of the molecule is O=C(CSc1nnc(-c2c[nH]c3ccccc23)o1)N1CCC[C@H]2CCCC[C@H]21. The number of carbonyl (C=O) groups excluding carboxylic acids is 1. The first kappa shape index (κ1) is 17.8. The molecule has 0 unspecified atom stereocenters. The van der Waals surface area contributed by atoms with Crippen LogP contribution in [0.2, 0.25) is 0 Å². The smallest absolute Gasteiger partial charge is 0.277 e. The van der Waals surface area contributed by atoms with E-state index in [4.69, 9.17) is 4.42 Å². The highest BCUT2D eigenvalue weighted by Gasteiger charge is 2.35. The van der Waals surface area contributed by atoms with Crippen molar-refractivity contribution in [1.82, 2.24) is 20.1 Å². The highest BCUT2D eigenvalue weighted by molar-refractivity contribution is 7.99. The number of fused-ring (bicyclic) bond motifs is 2. The number of amides is 1. The van der Waals surface area contributed by atoms with E-state index in [1.165, 1.54) is 37.4 Å². The number of nitrogens with zero attached hydrogens (tertiary/aromatic N) is 3. The quantitative estimate of drug-likeness (QED) is 0.658. The number of benzene rings is 1. The lowest BCUT2D eigenvalue weighted by atomic mass is 9.78. The fraction of sp³-hybridized carbons (Fsp3) is 0.476. The molecule has 2 aromatic heterocycles. The van der Waals surface area contributed by atoms with E-state index in [2.05, 4.69) is 20.1 Å². The van der Waals surface area contributed by atoms with Crippen molar-refractivity contribution < 1.29 is 9.21 Å². The summed E-state index contributed by atoms with van der Waals surface area (Å²) in [5, 5.41) is 9.82. The summed E-state index contributed by atoms with van der Waals surface area (Å²) in [6.07, 6.45) is 9.29. The molecule has 2 fully saturated rings. The number of likely N-dealkylation sites (tertiary alicyclic amines) is 1. The maximum Gasteiger partial charge on any atom is 0.277 e. The molecular formula is C21H24N4O2S. The lowest BCUT2D eigenvalue weighted by molar-refractivity contribution is -0.134. The number of hydrogen-bond donors (Lipinski definition) is 1. The maximum atomic E-state index is 12.8. The van der Waals surface area contributed by atoms with Gasteiger partial charge in [-0.1, -0.05) is 42.8 Å². The Labute approximate surface area is 168 Å². The number of carbonyl (C=O) groups is 1. The van der Waals surface area contributed by atoms with Gasteiger partial charge in [-0.2, -0.15) is 0 Å². The van der Waals surface area contributed by atoms with E-state index >= 15 is 0 Å². The van der Waals surface area contributed by atoms with Crippen LogP contribution in [0.25, 0.3) is 22.4 Å². The third-order valence-electron chi connectivity index (χ3n) is 6.11. The minimum absolute atomic E-state index is 0.202. The molecule has 3 aromatic rings. The number of piperidine rings is 1. The number of nitrogens with one attached hydrogen (secondary N) is 1. The van der Waals surface area contributed by atoms with Crippen molar-refractivity contribution in [3.8, 4) is 11.5 Å². The molecule has 1 aliphatic carbocycles. The van der Waals surface area contributed by atoms with E-state index in [1.54, 1.807) is 0 Å². The largest absolute Gasteiger partial charge is 0.411 e. The molecule has 0 bridgehead atoms. The van der Waals surface area contributed by atoms with Gasteiger partial charge in [0, 0.05) is 29.7 Å². The Hall–Kier alpha value is -2.28. The molecule has 1 amide bonds. The molecule has 2 atom stereocenters. The van der Waals surface area contributed by atoms with Crippen LogP contribution in [-0.2, 0) is 4.79 Å². The molecule has 146 valence electrons. The van der Waals surface area contributed by atoms with E-state index in [-0.39, 0.29) is 5.91 Å². The first-order valence-electron chi connectivity index (χ1n) is 10.1. The van der Waals surface area contributed by atoms with Crippen molar-refractivity contribution in [2.45, 2.75) is 49.8 Å². The summed E-state index contributed by atoms with van der Waals surface area (Å²) in [7, 11) is 0. The number of hydrogen-bond acceptors (Lipinski definition) is 5. The molecule has 3 heterocycles. The van der Waals surface area contributed by atoms with Crippen LogP contribution >= 0.6 is 11.8 Å². The van der Waals surface area contributed by atoms with Gasteiger partial charge in [0.2, 0.25) is 5.91 Å². The van der Waals surface area contributed by atoms with Crippen LogP contribution in [-0.4, -0.2) is 44.3 Å². The summed E-state index contributed by atoms with van der Waals surface area (Å²) < 4.78 is 5.83. The van der Waals surface area contributed by atoms with Crippen LogP contribution in [0.1, 0.15) is 38.5 Å². The second-order valence-electron chi connectivity index (χ2n) is 7.75. The Morgan fingerprint density at radius 2 is 2.04 bits per heavy atom. The molecule has 5 rings (SSSR count). The van der Waals surface area contributed by atoms with Gasteiger partial charge in [-0.05, 0) is 37.7 Å². The highest BCUT2D eigenvalue weighted by Crippen LogP contribution is 2.36. The number of para-hydroxylation sites is 1. The van der Waals surface area contributed by atoms with E-state index in [0.29, 0.717) is 28.8 Å². The van der Waals surface area contributed by atoms with E-state index in [9.17, 15) is 4.79 Å². The fourth-order valence-electron chi connectivity index (χ4n) is 4.77. The van der Waals surface area contributed by atoms with Crippen molar-refractivity contribution in [3.05, 3.63) is 30.5 Å². The van der Waals surface area contributed by atoms with Crippen molar-refractivity contribution in [2.24, 2.45) is 5.92 Å². The molecule has 1 aliphatic heterocycles. The zero-order chi connectivity index (χ0) is 18.9. The minimum atomic E-state index is 0.202. The predicted octanol–water partition coefficient (Wildman–Crippen LogP) is 4.49. The molecule has 0 spiro atoms. The number of rotatable bonds is 4. The molecule has 2 aliphatic rings. The monoisotopic (exact) mass is 396 g/mol. The second-order valence-corrected chi connectivity index (χ2v) is 8.68. The molecule has 1 saturated carbocycles. The number of H-pyrrole nitrogens is 1. The first-order valence-corrected chi connectivity index (χ1v) is 11.1. The summed E-state index contributed by atoms with van der Waals surface area (Å²) in [6, 6.07) is 8.46. The molecule has 6 nitrogen and oxygen atoms in total. The van der Waals surface area contributed by atoms with Crippen molar-refractivity contribution in [3.63, 3.8) is 0 Å². The van der Waals surface area contributed by atoms with Crippen LogP contribution in [0.4, 0.5) is 0 Å². The summed E-state index contributed by atoms with van der Waals surface area (Å²) in [5.74, 6) is 1.75. The van der Waals surface area contributed by atoms with Gasteiger partial charge in [-0.15, -0.1) is 10.2 Å². The van der Waals surface area contributed by atoms with E-state index < -0.39 is 0 Å². The van der Waals surface area contributed by atoms with Crippen molar-refractivity contribution in [2.75, 3.05) is 12.3 Å². The third kappa shape index (κ3) is 3.32. The summed E-state index contributed by atoms with van der Waals surface area (Å²) in [4.78, 5) is 18.2. The van der Waals surface area contributed by atoms with Gasteiger partial charge < -0.3 is 14.3 Å². The molecule has 1 aromatic carbocycles. The topological polar surface area (TPSA) is 75.0 Å². The van der Waals surface area contributed by atoms with Gasteiger partial charge in [0.1, 0.15) is 0 Å². The van der Waals surface area contributed by atoms with Crippen molar-refractivity contribution in [1.29, 1.82) is 0 Å². The van der Waals surface area contributed by atoms with E-state index in [0.717, 1.165) is 35.9 Å².